The van der Waals surface area contributed by atoms with E-state index in [4.69, 9.17) is 9.52 Å². The van der Waals surface area contributed by atoms with Crippen LogP contribution in [0, 0.1) is 6.92 Å². The minimum Gasteiger partial charge on any atom is -0.475 e. The second-order valence-electron chi connectivity index (χ2n) is 5.62. The van der Waals surface area contributed by atoms with Gasteiger partial charge >= 0.3 is 5.97 Å². The number of aromatic carboxylic acids is 1. The van der Waals surface area contributed by atoms with Crippen molar-refractivity contribution in [2.45, 2.75) is 38.8 Å². The minimum absolute atomic E-state index is 0.0424. The van der Waals surface area contributed by atoms with Crippen molar-refractivity contribution in [3.05, 3.63) is 58.5 Å². The predicted octanol–water partition coefficient (Wildman–Crippen LogP) is 2.93. The van der Waals surface area contributed by atoms with Gasteiger partial charge in [0.1, 0.15) is 5.76 Å². The van der Waals surface area contributed by atoms with Crippen LogP contribution in [0.1, 0.15) is 39.4 Å². The molecule has 0 saturated heterocycles. The molecule has 0 aliphatic heterocycles. The fraction of sp³-hybridized carbons (Fsp3) is 0.353. The second-order valence-corrected chi connectivity index (χ2v) is 5.62. The summed E-state index contributed by atoms with van der Waals surface area (Å²) in [5.74, 6) is -0.283. The van der Waals surface area contributed by atoms with Crippen molar-refractivity contribution in [3.63, 3.8) is 0 Å². The Morgan fingerprint density at radius 2 is 2.14 bits per heavy atom. The molecule has 4 heteroatoms. The van der Waals surface area contributed by atoms with E-state index in [1.165, 1.54) is 11.1 Å². The number of rotatable bonds is 4. The molecule has 0 fully saturated rings. The molecule has 1 heterocycles. The smallest absolute Gasteiger partial charge is 0.372 e. The third-order valence-electron chi connectivity index (χ3n) is 4.07. The number of hydrogen-bond donors (Lipinski definition) is 2. The molecule has 0 spiro atoms. The molecule has 1 aromatic heterocycles. The van der Waals surface area contributed by atoms with Crippen molar-refractivity contribution in [1.29, 1.82) is 0 Å². The Balaban J connectivity index is 1.62. The summed E-state index contributed by atoms with van der Waals surface area (Å²) in [6.45, 7) is 2.33. The normalized spacial score (nSPS) is 17.5. The Labute approximate surface area is 123 Å². The largest absolute Gasteiger partial charge is 0.475 e. The van der Waals surface area contributed by atoms with Gasteiger partial charge in [0.25, 0.3) is 0 Å². The molecule has 0 amide bonds. The van der Waals surface area contributed by atoms with Crippen LogP contribution in [0.15, 0.2) is 34.7 Å². The lowest BCUT2D eigenvalue weighted by Gasteiger charge is -2.25. The molecular formula is C17H19NO3. The standard InChI is InChI=1S/C17H19NO3/c1-11-8-15(21-16(11)17(19)20)10-18-14-7-6-12-4-2-3-5-13(12)9-14/h2-5,8,14,18H,6-7,9-10H2,1H3,(H,19,20). The molecule has 3 rings (SSSR count). The van der Waals surface area contributed by atoms with Crippen LogP contribution < -0.4 is 5.32 Å². The number of carbonyl (C=O) groups is 1. The summed E-state index contributed by atoms with van der Waals surface area (Å²) in [6, 6.07) is 10.8. The van der Waals surface area contributed by atoms with Crippen LogP contribution in [0.3, 0.4) is 0 Å². The highest BCUT2D eigenvalue weighted by Crippen LogP contribution is 2.22. The molecule has 4 nitrogen and oxygen atoms in total. The van der Waals surface area contributed by atoms with E-state index in [0.29, 0.717) is 23.9 Å². The van der Waals surface area contributed by atoms with E-state index in [-0.39, 0.29) is 5.76 Å². The van der Waals surface area contributed by atoms with Crippen molar-refractivity contribution in [2.75, 3.05) is 0 Å². The summed E-state index contributed by atoms with van der Waals surface area (Å²) in [4.78, 5) is 11.0. The summed E-state index contributed by atoms with van der Waals surface area (Å²) < 4.78 is 5.37. The number of fused-ring (bicyclic) bond motifs is 1. The molecule has 1 aliphatic carbocycles. The first-order chi connectivity index (χ1) is 10.1. The third kappa shape index (κ3) is 3.00. The molecule has 1 unspecified atom stereocenters. The maximum atomic E-state index is 11.0. The van der Waals surface area contributed by atoms with Gasteiger partial charge in [-0.25, -0.2) is 4.79 Å². The zero-order chi connectivity index (χ0) is 14.8. The Bertz CT molecular complexity index is 660. The van der Waals surface area contributed by atoms with Crippen LogP contribution in [-0.2, 0) is 19.4 Å². The van der Waals surface area contributed by atoms with E-state index >= 15 is 0 Å². The molecule has 1 aliphatic rings. The monoisotopic (exact) mass is 285 g/mol. The lowest BCUT2D eigenvalue weighted by molar-refractivity contribution is 0.0659. The maximum absolute atomic E-state index is 11.0. The van der Waals surface area contributed by atoms with Crippen LogP contribution in [0.5, 0.6) is 0 Å². The van der Waals surface area contributed by atoms with E-state index < -0.39 is 5.97 Å². The van der Waals surface area contributed by atoms with Gasteiger partial charge in [-0.2, -0.15) is 0 Å². The van der Waals surface area contributed by atoms with E-state index in [9.17, 15) is 4.79 Å². The van der Waals surface area contributed by atoms with Crippen molar-refractivity contribution >= 4 is 5.97 Å². The van der Waals surface area contributed by atoms with Crippen LogP contribution in [0.4, 0.5) is 0 Å². The number of nitrogens with one attached hydrogen (secondary N) is 1. The maximum Gasteiger partial charge on any atom is 0.372 e. The Morgan fingerprint density at radius 1 is 1.38 bits per heavy atom. The highest BCUT2D eigenvalue weighted by molar-refractivity contribution is 5.86. The molecule has 0 radical (unpaired) electrons. The first-order valence-electron chi connectivity index (χ1n) is 7.26. The SMILES string of the molecule is Cc1cc(CNC2CCc3ccccc3C2)oc1C(=O)O. The summed E-state index contributed by atoms with van der Waals surface area (Å²) in [5, 5.41) is 12.5. The van der Waals surface area contributed by atoms with Gasteiger partial charge in [0, 0.05) is 11.6 Å². The number of hydrogen-bond acceptors (Lipinski definition) is 3. The molecule has 1 atom stereocenters. The highest BCUT2D eigenvalue weighted by Gasteiger charge is 2.19. The van der Waals surface area contributed by atoms with Gasteiger partial charge in [-0.05, 0) is 43.4 Å². The molecule has 2 N–H and O–H groups in total. The quantitative estimate of drug-likeness (QED) is 0.906. The van der Waals surface area contributed by atoms with Gasteiger partial charge in [0.2, 0.25) is 5.76 Å². The third-order valence-corrected chi connectivity index (χ3v) is 4.07. The number of aryl methyl sites for hydroxylation is 2. The van der Waals surface area contributed by atoms with Gasteiger partial charge < -0.3 is 14.8 Å². The Kier molecular flexibility index (Phi) is 3.80. The molecular weight excluding hydrogens is 266 g/mol. The highest BCUT2D eigenvalue weighted by atomic mass is 16.4. The van der Waals surface area contributed by atoms with Crippen LogP contribution >= 0.6 is 0 Å². The summed E-state index contributed by atoms with van der Waals surface area (Å²) >= 11 is 0. The van der Waals surface area contributed by atoms with Crippen molar-refractivity contribution in [1.82, 2.24) is 5.32 Å². The number of carboxylic acid groups (broad SMARTS) is 1. The van der Waals surface area contributed by atoms with E-state index in [1.54, 1.807) is 13.0 Å². The molecule has 0 bridgehead atoms. The van der Waals surface area contributed by atoms with Gasteiger partial charge in [-0.15, -0.1) is 0 Å². The van der Waals surface area contributed by atoms with Crippen molar-refractivity contribution < 1.29 is 14.3 Å². The van der Waals surface area contributed by atoms with Crippen molar-refractivity contribution in [3.8, 4) is 0 Å². The van der Waals surface area contributed by atoms with E-state index in [1.807, 2.05) is 0 Å². The first kappa shape index (κ1) is 13.9. The summed E-state index contributed by atoms with van der Waals surface area (Å²) in [6.07, 6.45) is 3.20. The Hall–Kier alpha value is -2.07. The number of benzene rings is 1. The fourth-order valence-electron chi connectivity index (χ4n) is 2.96. The molecule has 0 saturated carbocycles. The number of carboxylic acids is 1. The number of furan rings is 1. The molecule has 21 heavy (non-hydrogen) atoms. The predicted molar refractivity (Wildman–Crippen MR) is 79.5 cm³/mol. The van der Waals surface area contributed by atoms with Crippen molar-refractivity contribution in [2.24, 2.45) is 0 Å². The van der Waals surface area contributed by atoms with Gasteiger partial charge in [0.05, 0.1) is 6.54 Å². The lowest BCUT2D eigenvalue weighted by Crippen LogP contribution is -2.33. The van der Waals surface area contributed by atoms with Gasteiger partial charge in [0.15, 0.2) is 0 Å². The van der Waals surface area contributed by atoms with E-state index in [0.717, 1.165) is 19.3 Å². The van der Waals surface area contributed by atoms with Crippen LogP contribution in [0.2, 0.25) is 0 Å². The van der Waals surface area contributed by atoms with Gasteiger partial charge in [-0.1, -0.05) is 24.3 Å². The molecule has 110 valence electrons. The fourth-order valence-corrected chi connectivity index (χ4v) is 2.96. The Morgan fingerprint density at radius 3 is 2.86 bits per heavy atom. The summed E-state index contributed by atoms with van der Waals surface area (Å²) in [7, 11) is 0. The van der Waals surface area contributed by atoms with Crippen LogP contribution in [0.25, 0.3) is 0 Å². The molecule has 2 aromatic rings. The zero-order valence-corrected chi connectivity index (χ0v) is 12.1. The molecule has 1 aromatic carbocycles. The average molecular weight is 285 g/mol. The second kappa shape index (κ2) is 5.74. The van der Waals surface area contributed by atoms with Gasteiger partial charge in [-0.3, -0.25) is 0 Å². The zero-order valence-electron chi connectivity index (χ0n) is 12.1. The first-order valence-corrected chi connectivity index (χ1v) is 7.26. The topological polar surface area (TPSA) is 62.5 Å². The van der Waals surface area contributed by atoms with E-state index in [2.05, 4.69) is 29.6 Å². The average Bonchev–Trinajstić information content (AvgIpc) is 2.86. The summed E-state index contributed by atoms with van der Waals surface area (Å²) in [5.41, 5.74) is 3.52. The van der Waals surface area contributed by atoms with Crippen LogP contribution in [-0.4, -0.2) is 17.1 Å². The minimum atomic E-state index is -1.01. The lowest BCUT2D eigenvalue weighted by atomic mass is 9.88.